The molecular weight excluding hydrogens is 1500 g/mol. The molecule has 0 saturated carbocycles. The van der Waals surface area contributed by atoms with Crippen molar-refractivity contribution in [2.24, 2.45) is 28.7 Å². The van der Waals surface area contributed by atoms with E-state index < -0.39 is 248 Å². The van der Waals surface area contributed by atoms with E-state index in [9.17, 15) is 106 Å². The number of thiol groups is 4. The number of amides is 18. The first kappa shape index (κ1) is 90.8. The summed E-state index contributed by atoms with van der Waals surface area (Å²) in [5.74, 6) is -22.9. The number of primary amides is 4. The van der Waals surface area contributed by atoms with Gasteiger partial charge in [0.25, 0.3) is 0 Å². The molecule has 0 bridgehead atoms. The molecule has 0 spiro atoms. The lowest BCUT2D eigenvalue weighted by molar-refractivity contribution is -0.142. The van der Waals surface area contributed by atoms with Crippen LogP contribution in [0.5, 0.6) is 5.75 Å². The third-order valence-corrected chi connectivity index (χ3v) is 17.3. The first-order valence-corrected chi connectivity index (χ1v) is 35.2. The van der Waals surface area contributed by atoms with Crippen molar-refractivity contribution in [3.63, 3.8) is 0 Å². The number of carbonyl (C=O) groups is 19. The summed E-state index contributed by atoms with van der Waals surface area (Å²) in [6, 6.07) is -17.7. The highest BCUT2D eigenvalue weighted by Crippen LogP contribution is 2.21. The van der Waals surface area contributed by atoms with Gasteiger partial charge in [-0.2, -0.15) is 50.5 Å². The molecule has 14 atom stereocenters. The number of carboxylic acid groups (broad SMARTS) is 1. The molecule has 107 heavy (non-hydrogen) atoms. The third-order valence-electron chi connectivity index (χ3n) is 15.8. The Labute approximate surface area is 632 Å². The predicted molar refractivity (Wildman–Crippen MR) is 386 cm³/mol. The number of aliphatic hydroxyl groups is 1. The van der Waals surface area contributed by atoms with E-state index in [1.807, 2.05) is 0 Å². The van der Waals surface area contributed by atoms with Crippen molar-refractivity contribution in [2.45, 2.75) is 156 Å². The number of aliphatic carboxylic acids is 1. The van der Waals surface area contributed by atoms with Crippen LogP contribution in [0.25, 0.3) is 0 Å². The monoisotopic (exact) mass is 1590 g/mol. The number of hydrogen-bond acceptors (Lipinski definition) is 28. The van der Waals surface area contributed by atoms with Gasteiger partial charge in [-0.15, -0.1) is 0 Å². The number of carboxylic acids is 1. The van der Waals surface area contributed by atoms with Crippen molar-refractivity contribution in [2.75, 3.05) is 49.4 Å². The zero-order valence-electron chi connectivity index (χ0n) is 57.7. The van der Waals surface area contributed by atoms with Crippen LogP contribution in [0.2, 0.25) is 0 Å². The molecule has 1 aromatic carbocycles. The topological polar surface area (TPSA) is 699 Å². The Hall–Kier alpha value is -10.4. The molecule has 1 fully saturated rings. The van der Waals surface area contributed by atoms with Gasteiger partial charge in [-0.05, 0) is 50.8 Å². The number of aromatic hydroxyl groups is 1. The highest BCUT2D eigenvalue weighted by Gasteiger charge is 2.42. The average Bonchev–Trinajstić information content (AvgIpc) is 1.72. The van der Waals surface area contributed by atoms with Gasteiger partial charge in [0.15, 0.2) is 0 Å². The van der Waals surface area contributed by atoms with E-state index in [4.69, 9.17) is 28.7 Å². The number of phenols is 1. The molecule has 28 N–H and O–H groups in total. The fraction of sp³-hybridized carbons (Fsp3) is 0.550. The van der Waals surface area contributed by atoms with Crippen molar-refractivity contribution < 1.29 is 106 Å². The number of aliphatic hydroxyl groups excluding tert-OH is 1. The van der Waals surface area contributed by atoms with Gasteiger partial charge in [0.2, 0.25) is 106 Å². The fourth-order valence-corrected chi connectivity index (χ4v) is 11.1. The molecule has 47 heteroatoms. The van der Waals surface area contributed by atoms with Crippen LogP contribution >= 0.6 is 50.5 Å². The maximum Gasteiger partial charge on any atom is 0.305 e. The minimum absolute atomic E-state index is 0.0254. The number of hydrogen-bond donors (Lipinski definition) is 27. The minimum atomic E-state index is -2.11. The van der Waals surface area contributed by atoms with Gasteiger partial charge in [0.1, 0.15) is 90.3 Å². The summed E-state index contributed by atoms with van der Waals surface area (Å²) in [5.41, 5.74) is 27.5. The summed E-state index contributed by atoms with van der Waals surface area (Å²) in [7, 11) is 0. The lowest BCUT2D eigenvalue weighted by atomic mass is 10.0. The molecule has 1 saturated heterocycles. The van der Waals surface area contributed by atoms with E-state index in [2.05, 4.69) is 130 Å². The molecule has 43 nitrogen and oxygen atoms in total. The number of nitrogens with one attached hydrogen (secondary N) is 15. The van der Waals surface area contributed by atoms with Crippen molar-refractivity contribution >= 4 is 163 Å². The van der Waals surface area contributed by atoms with E-state index in [1.165, 1.54) is 37.4 Å². The molecule has 2 aliphatic heterocycles. The van der Waals surface area contributed by atoms with Gasteiger partial charge in [-0.1, -0.05) is 12.1 Å². The van der Waals surface area contributed by atoms with Crippen LogP contribution in [0.15, 0.2) is 36.2 Å². The molecule has 2 aliphatic rings. The number of benzene rings is 1. The molecule has 0 aliphatic carbocycles. The average molecular weight is 1590 g/mol. The number of likely N-dealkylation sites (tertiary alicyclic amines) is 1. The van der Waals surface area contributed by atoms with E-state index in [1.54, 1.807) is 0 Å². The highest BCUT2D eigenvalue weighted by molar-refractivity contribution is 7.80. The number of rotatable bonds is 46. The normalized spacial score (nSPS) is 16.5. The first-order valence-electron chi connectivity index (χ1n) is 32.7. The van der Waals surface area contributed by atoms with Crippen LogP contribution in [0, 0.1) is 0 Å². The van der Waals surface area contributed by atoms with Crippen molar-refractivity contribution in [1.29, 1.82) is 0 Å². The number of nitrogens with two attached hydrogens (primary N) is 5. The van der Waals surface area contributed by atoms with Crippen molar-refractivity contribution in [3.05, 3.63) is 41.7 Å². The van der Waals surface area contributed by atoms with Gasteiger partial charge in [0.05, 0.1) is 39.1 Å². The Morgan fingerprint density at radius 3 is 1.38 bits per heavy atom. The number of phenolic OH excluding ortho intramolecular Hbond substituents is 1. The van der Waals surface area contributed by atoms with Gasteiger partial charge in [-0.25, -0.2) is 0 Å². The summed E-state index contributed by atoms with van der Waals surface area (Å²) < 4.78 is 0. The Kier molecular flexibility index (Phi) is 38.4. The zero-order chi connectivity index (χ0) is 80.5. The summed E-state index contributed by atoms with van der Waals surface area (Å²) in [5, 5.41) is 65.3. The second-order valence-corrected chi connectivity index (χ2v) is 25.6. The maximum absolute atomic E-state index is 14.4. The quantitative estimate of drug-likeness (QED) is 0.0270. The summed E-state index contributed by atoms with van der Waals surface area (Å²) in [6.45, 7) is 1.07. The van der Waals surface area contributed by atoms with Crippen LogP contribution in [0.3, 0.4) is 0 Å². The SMILES string of the molecule is C[C@H](NC(=O)[C@H](CS)NC(=O)[C@H](C)NC(=O)[C@H]1CCCN1C(=O)[C@H](CC1=CNCN1)NC(=O)[C@H](CO)NC(=O)[C@H](CS)NC(=O)[C@H](CS)NC(=O)CN)C(=O)N[C@@H](CC(N)=O)C(=O)N[C@@H](CC(N)=O)C(=O)N[C@@H](CCC(N)=O)C(=O)N[C@@H](CC(=O)O)C(=O)N[C@@H](Cc1ccc(O)cc1)C(=O)N[C@@H](CS)C(N)=O. The Balaban J connectivity index is 1.74. The number of carbonyl (C=O) groups excluding carboxylic acids is 18. The summed E-state index contributed by atoms with van der Waals surface area (Å²) >= 11 is 16.3. The van der Waals surface area contributed by atoms with Gasteiger partial charge in [0, 0.05) is 60.7 Å². The largest absolute Gasteiger partial charge is 0.508 e. The molecule has 0 aromatic heterocycles. The fourth-order valence-electron chi connectivity index (χ4n) is 10.0. The van der Waals surface area contributed by atoms with Crippen molar-refractivity contribution in [1.82, 2.24) is 84.7 Å². The molecule has 0 radical (unpaired) electrons. The summed E-state index contributed by atoms with van der Waals surface area (Å²) in [4.78, 5) is 252. The Morgan fingerprint density at radius 2 is 0.907 bits per heavy atom. The van der Waals surface area contributed by atoms with E-state index in [0.717, 1.165) is 11.8 Å². The molecule has 3 rings (SSSR count). The van der Waals surface area contributed by atoms with Crippen LogP contribution < -0.4 is 108 Å². The predicted octanol–water partition coefficient (Wildman–Crippen LogP) is -12.7. The van der Waals surface area contributed by atoms with E-state index in [-0.39, 0.29) is 61.9 Å². The molecule has 2 heterocycles. The molecule has 18 amide bonds. The second kappa shape index (κ2) is 45.2. The first-order chi connectivity index (χ1) is 50.4. The third kappa shape index (κ3) is 30.5. The lowest BCUT2D eigenvalue weighted by Gasteiger charge is -2.30. The molecule has 592 valence electrons. The Morgan fingerprint density at radius 1 is 0.495 bits per heavy atom. The zero-order valence-corrected chi connectivity index (χ0v) is 61.3. The highest BCUT2D eigenvalue weighted by atomic mass is 32.1. The second-order valence-electron chi connectivity index (χ2n) is 24.1. The number of nitrogens with zero attached hydrogens (tertiary/aromatic N) is 1. The van der Waals surface area contributed by atoms with E-state index in [0.29, 0.717) is 11.3 Å². The van der Waals surface area contributed by atoms with Crippen LogP contribution in [0.4, 0.5) is 0 Å². The van der Waals surface area contributed by atoms with Crippen LogP contribution in [-0.4, -0.2) is 266 Å². The standard InChI is InChI=1S/C60H91N21O22S4/c1-25(68-56(99)39(22-106)79-49(92)26(2)69-59(102)41-4-3-11-81(41)60(103)35(13-28-18-66-24-67-28)76-55(98)36(19-82)77-58(101)40(23-107)80-57(100)38(21-105)70-45(87)17-61)48(91)72-32(14-43(63)85)53(96)74-33(15-44(64)86)52(95)71-30(9-10-42(62)84)50(93)75-34(16-46(88)89)54(97)73-31(12-27-5-7-29(83)8-6-27)51(94)78-37(20-104)47(65)90/h5-8,18,25-26,30-41,66-67,82-83,104-107H,3-4,9-17,19-24,61H2,1-2H3,(H2,62,84)(H2,63,85)(H2,64,86)(H2,65,90)(H,68,99)(H,69,102)(H,70,87)(H,71,95)(H,72,91)(H,73,97)(H,74,96)(H,75,93)(H,76,98)(H,77,101)(H,78,94)(H,79,92)(H,80,100)(H,88,89)/t25-,26-,30-,31-,32-,33-,34-,35-,36-,37-,38-,39-,40-,41+/m0/s1. The molecular formula is C60H91N21O22S4. The van der Waals surface area contributed by atoms with Gasteiger partial charge >= 0.3 is 5.97 Å². The minimum Gasteiger partial charge on any atom is -0.508 e. The molecule has 0 unspecified atom stereocenters. The van der Waals surface area contributed by atoms with Crippen molar-refractivity contribution in [3.8, 4) is 5.75 Å². The Bertz CT molecular complexity index is 3490. The van der Waals surface area contributed by atoms with E-state index >= 15 is 0 Å². The lowest BCUT2D eigenvalue weighted by Crippen LogP contribution is -2.61. The molecule has 1 aromatic rings. The van der Waals surface area contributed by atoms with Crippen LogP contribution in [0.1, 0.15) is 70.8 Å². The van der Waals surface area contributed by atoms with Gasteiger partial charge < -0.3 is 129 Å². The van der Waals surface area contributed by atoms with Gasteiger partial charge in [-0.3, -0.25) is 91.1 Å². The summed E-state index contributed by atoms with van der Waals surface area (Å²) in [6.07, 6.45) is -3.42. The smallest absolute Gasteiger partial charge is 0.305 e. The van der Waals surface area contributed by atoms with Crippen LogP contribution in [-0.2, 0) is 97.5 Å². The maximum atomic E-state index is 14.4.